The van der Waals surface area contributed by atoms with E-state index in [0.29, 0.717) is 37.8 Å². The van der Waals surface area contributed by atoms with Crippen molar-refractivity contribution in [1.29, 1.82) is 5.26 Å². The van der Waals surface area contributed by atoms with E-state index in [1.54, 1.807) is 48.5 Å². The van der Waals surface area contributed by atoms with Gasteiger partial charge in [-0.25, -0.2) is 0 Å². The number of rotatable bonds is 8. The molecule has 1 amide bonds. The molecule has 0 aliphatic rings. The van der Waals surface area contributed by atoms with Gasteiger partial charge in [-0.2, -0.15) is 5.26 Å². The molecule has 0 aliphatic carbocycles. The smallest absolute Gasteiger partial charge is 0.269 e. The summed E-state index contributed by atoms with van der Waals surface area (Å²) in [5.41, 5.74) is 1.32. The molecule has 3 rings (SSSR count). The topological polar surface area (TPSA) is 114 Å². The molecule has 172 valence electrons. The van der Waals surface area contributed by atoms with Crippen LogP contribution in [-0.4, -0.2) is 17.9 Å². The Labute approximate surface area is 208 Å². The molecule has 0 aromatic heterocycles. The molecule has 0 radical (unpaired) electrons. The summed E-state index contributed by atoms with van der Waals surface area (Å²) in [7, 11) is 1.45. The minimum Gasteiger partial charge on any atom is -0.493 e. The summed E-state index contributed by atoms with van der Waals surface area (Å²) < 4.78 is 11.7. The lowest BCUT2D eigenvalue weighted by Crippen LogP contribution is -2.13. The van der Waals surface area contributed by atoms with Crippen LogP contribution >= 0.6 is 27.5 Å². The van der Waals surface area contributed by atoms with Crippen molar-refractivity contribution < 1.29 is 19.2 Å². The largest absolute Gasteiger partial charge is 0.493 e. The molecule has 0 heterocycles. The van der Waals surface area contributed by atoms with Gasteiger partial charge in [0.15, 0.2) is 11.5 Å². The number of hydrogen-bond acceptors (Lipinski definition) is 6. The Morgan fingerprint density at radius 2 is 1.97 bits per heavy atom. The number of nitrogens with one attached hydrogen (secondary N) is 1. The van der Waals surface area contributed by atoms with Crippen molar-refractivity contribution in [2.75, 3.05) is 12.4 Å². The van der Waals surface area contributed by atoms with E-state index in [1.807, 2.05) is 6.07 Å². The van der Waals surface area contributed by atoms with Crippen LogP contribution < -0.4 is 14.8 Å². The number of methoxy groups -OCH3 is 1. The average Bonchev–Trinajstić information content (AvgIpc) is 2.83. The van der Waals surface area contributed by atoms with Crippen LogP contribution in [0.1, 0.15) is 11.1 Å². The standard InChI is InChI=1S/C24H17BrClN3O5/c1-33-22-11-16(10-17(13-27)24(30)28-21-8-3-2-7-20(21)26)19(25)12-23(22)34-14-15-5-4-6-18(9-15)29(31)32/h2-12H,14H2,1H3,(H,28,30)/b17-10+. The van der Waals surface area contributed by atoms with Crippen molar-refractivity contribution in [3.63, 3.8) is 0 Å². The number of nitro benzene ring substituents is 1. The molecule has 0 unspecified atom stereocenters. The lowest BCUT2D eigenvalue weighted by Gasteiger charge is -2.13. The Morgan fingerprint density at radius 3 is 2.65 bits per heavy atom. The van der Waals surface area contributed by atoms with Crippen LogP contribution in [0.3, 0.4) is 0 Å². The first-order valence-electron chi connectivity index (χ1n) is 9.73. The molecule has 34 heavy (non-hydrogen) atoms. The average molecular weight is 543 g/mol. The zero-order valence-corrected chi connectivity index (χ0v) is 20.1. The predicted octanol–water partition coefficient (Wildman–Crippen LogP) is 6.14. The third-order valence-corrected chi connectivity index (χ3v) is 5.60. The summed E-state index contributed by atoms with van der Waals surface area (Å²) in [6, 6.07) is 17.9. The zero-order chi connectivity index (χ0) is 24.7. The number of amides is 1. The molecule has 0 atom stereocenters. The van der Waals surface area contributed by atoms with Crippen LogP contribution in [0.25, 0.3) is 6.08 Å². The molecular formula is C24H17BrClN3O5. The van der Waals surface area contributed by atoms with E-state index in [1.165, 1.54) is 25.3 Å². The first kappa shape index (κ1) is 24.8. The number of para-hydroxylation sites is 1. The van der Waals surface area contributed by atoms with Crippen molar-refractivity contribution in [1.82, 2.24) is 0 Å². The maximum Gasteiger partial charge on any atom is 0.269 e. The van der Waals surface area contributed by atoms with Gasteiger partial charge in [-0.05, 0) is 41.5 Å². The van der Waals surface area contributed by atoms with Crippen LogP contribution in [0.15, 0.2) is 70.7 Å². The number of ether oxygens (including phenoxy) is 2. The van der Waals surface area contributed by atoms with Gasteiger partial charge in [0.2, 0.25) is 0 Å². The van der Waals surface area contributed by atoms with Gasteiger partial charge >= 0.3 is 0 Å². The lowest BCUT2D eigenvalue weighted by atomic mass is 10.1. The summed E-state index contributed by atoms with van der Waals surface area (Å²) in [5.74, 6) is 0.105. The van der Waals surface area contributed by atoms with Crippen LogP contribution in [0.5, 0.6) is 11.5 Å². The number of nitrogens with zero attached hydrogens (tertiary/aromatic N) is 2. The number of hydrogen-bond donors (Lipinski definition) is 1. The third kappa shape index (κ3) is 6.13. The molecule has 10 heteroatoms. The second-order valence-corrected chi connectivity index (χ2v) is 8.11. The first-order chi connectivity index (χ1) is 16.3. The van der Waals surface area contributed by atoms with Crippen LogP contribution in [-0.2, 0) is 11.4 Å². The van der Waals surface area contributed by atoms with E-state index < -0.39 is 10.8 Å². The normalized spacial score (nSPS) is 10.8. The monoisotopic (exact) mass is 541 g/mol. The van der Waals surface area contributed by atoms with Crippen LogP contribution in [0, 0.1) is 21.4 Å². The number of benzene rings is 3. The van der Waals surface area contributed by atoms with Crippen LogP contribution in [0.2, 0.25) is 5.02 Å². The fourth-order valence-electron chi connectivity index (χ4n) is 2.91. The highest BCUT2D eigenvalue weighted by molar-refractivity contribution is 9.10. The Balaban J connectivity index is 1.83. The summed E-state index contributed by atoms with van der Waals surface area (Å²) >= 11 is 9.49. The van der Waals surface area contributed by atoms with Gasteiger partial charge in [-0.1, -0.05) is 51.8 Å². The van der Waals surface area contributed by atoms with E-state index in [-0.39, 0.29) is 17.9 Å². The SMILES string of the molecule is COc1cc(/C=C(\C#N)C(=O)Nc2ccccc2Cl)c(Br)cc1OCc1cccc([N+](=O)[O-])c1. The molecule has 0 spiro atoms. The maximum absolute atomic E-state index is 12.6. The van der Waals surface area contributed by atoms with Gasteiger partial charge in [0.25, 0.3) is 11.6 Å². The minimum absolute atomic E-state index is 0.0335. The highest BCUT2D eigenvalue weighted by Crippen LogP contribution is 2.35. The van der Waals surface area contributed by atoms with Crippen LogP contribution in [0.4, 0.5) is 11.4 Å². The first-order valence-corrected chi connectivity index (χ1v) is 10.9. The molecule has 0 fully saturated rings. The summed E-state index contributed by atoms with van der Waals surface area (Å²) in [4.78, 5) is 23.1. The number of nitro groups is 1. The van der Waals surface area contributed by atoms with E-state index in [0.717, 1.165) is 0 Å². The number of carbonyl (C=O) groups excluding carboxylic acids is 1. The second-order valence-electron chi connectivity index (χ2n) is 6.84. The molecule has 1 N–H and O–H groups in total. The fraction of sp³-hybridized carbons (Fsp3) is 0.0833. The number of halogens is 2. The summed E-state index contributed by atoms with van der Waals surface area (Å²) in [6.45, 7) is 0.0728. The third-order valence-electron chi connectivity index (χ3n) is 4.59. The second kappa shape index (κ2) is 11.3. The minimum atomic E-state index is -0.618. The van der Waals surface area contributed by atoms with Crippen molar-refractivity contribution >= 4 is 50.9 Å². The lowest BCUT2D eigenvalue weighted by molar-refractivity contribution is -0.384. The Morgan fingerprint density at radius 1 is 1.21 bits per heavy atom. The highest BCUT2D eigenvalue weighted by atomic mass is 79.9. The van der Waals surface area contributed by atoms with Crippen molar-refractivity contribution in [3.05, 3.63) is 97.0 Å². The number of anilines is 1. The number of carbonyl (C=O) groups is 1. The fourth-order valence-corrected chi connectivity index (χ4v) is 3.53. The quantitative estimate of drug-likeness (QED) is 0.158. The van der Waals surface area contributed by atoms with E-state index in [9.17, 15) is 20.2 Å². The Bertz CT molecular complexity index is 1320. The van der Waals surface area contributed by atoms with Gasteiger partial charge in [0, 0.05) is 16.6 Å². The van der Waals surface area contributed by atoms with E-state index in [4.69, 9.17) is 21.1 Å². The van der Waals surface area contributed by atoms with Gasteiger partial charge in [0.05, 0.1) is 22.7 Å². The van der Waals surface area contributed by atoms with E-state index >= 15 is 0 Å². The number of nitriles is 1. The Kier molecular flexibility index (Phi) is 8.24. The van der Waals surface area contributed by atoms with Crippen molar-refractivity contribution in [2.24, 2.45) is 0 Å². The van der Waals surface area contributed by atoms with Crippen molar-refractivity contribution in [2.45, 2.75) is 6.61 Å². The van der Waals surface area contributed by atoms with Crippen molar-refractivity contribution in [3.8, 4) is 17.6 Å². The predicted molar refractivity (Wildman–Crippen MR) is 132 cm³/mol. The summed E-state index contributed by atoms with van der Waals surface area (Å²) in [6.07, 6.45) is 1.41. The Hall–Kier alpha value is -3.87. The molecule has 8 nitrogen and oxygen atoms in total. The van der Waals surface area contributed by atoms with Gasteiger partial charge in [-0.15, -0.1) is 0 Å². The zero-order valence-electron chi connectivity index (χ0n) is 17.7. The molecule has 0 saturated heterocycles. The number of non-ortho nitro benzene ring substituents is 1. The molecule has 0 bridgehead atoms. The maximum atomic E-state index is 12.6. The molecule has 0 aliphatic heterocycles. The van der Waals surface area contributed by atoms with Gasteiger partial charge in [0.1, 0.15) is 18.2 Å². The van der Waals surface area contributed by atoms with Gasteiger partial charge < -0.3 is 14.8 Å². The summed E-state index contributed by atoms with van der Waals surface area (Å²) in [5, 5.41) is 23.4. The molecule has 3 aromatic rings. The van der Waals surface area contributed by atoms with Gasteiger partial charge in [-0.3, -0.25) is 14.9 Å². The van der Waals surface area contributed by atoms with E-state index in [2.05, 4.69) is 21.2 Å². The molecular weight excluding hydrogens is 526 g/mol. The molecule has 0 saturated carbocycles. The molecule has 3 aromatic carbocycles. The highest BCUT2D eigenvalue weighted by Gasteiger charge is 2.15.